The second-order valence-corrected chi connectivity index (χ2v) is 7.05. The topological polar surface area (TPSA) is 135 Å². The second kappa shape index (κ2) is 6.64. The fraction of sp³-hybridized carbons (Fsp3) is 0.312. The summed E-state index contributed by atoms with van der Waals surface area (Å²) in [6, 6.07) is 0. The average Bonchev–Trinajstić information content (AvgIpc) is 3.38. The Balaban J connectivity index is 1.90. The molecule has 1 amide bonds. The third-order valence-corrected chi connectivity index (χ3v) is 5.74. The van der Waals surface area contributed by atoms with E-state index in [1.807, 2.05) is 20.8 Å². The van der Waals surface area contributed by atoms with Crippen LogP contribution in [-0.4, -0.2) is 58.6 Å². The van der Waals surface area contributed by atoms with Gasteiger partial charge in [0.1, 0.15) is 17.4 Å². The lowest BCUT2D eigenvalue weighted by atomic mass is 10.2. The van der Waals surface area contributed by atoms with Crippen LogP contribution in [-0.2, 0) is 0 Å². The average molecular weight is 400 g/mol. The lowest BCUT2D eigenvalue weighted by Gasteiger charge is -2.17. The Bertz CT molecular complexity index is 1220. The van der Waals surface area contributed by atoms with E-state index in [1.165, 1.54) is 22.2 Å². The lowest BCUT2D eigenvalue weighted by Crippen LogP contribution is -2.30. The Morgan fingerprint density at radius 3 is 2.82 bits per heavy atom. The molecule has 0 unspecified atom stereocenters. The molecule has 11 nitrogen and oxygen atoms in total. The third-order valence-electron chi connectivity index (χ3n) is 4.55. The molecule has 4 aromatic heterocycles. The van der Waals surface area contributed by atoms with E-state index in [9.17, 15) is 14.9 Å². The van der Waals surface area contributed by atoms with Crippen LogP contribution >= 0.6 is 11.3 Å². The van der Waals surface area contributed by atoms with Crippen LogP contribution in [0.3, 0.4) is 0 Å². The molecule has 144 valence electrons. The highest BCUT2D eigenvalue weighted by atomic mass is 32.1. The molecular formula is C16H16N8O3S. The van der Waals surface area contributed by atoms with Gasteiger partial charge in [-0.2, -0.15) is 5.10 Å². The number of hydrogen-bond acceptors (Lipinski definition) is 8. The minimum Gasteiger partial charge on any atom is -0.338 e. The van der Waals surface area contributed by atoms with Crippen molar-refractivity contribution in [1.82, 2.24) is 34.7 Å². The predicted octanol–water partition coefficient (Wildman–Crippen LogP) is 2.43. The van der Waals surface area contributed by atoms with E-state index in [4.69, 9.17) is 0 Å². The molecule has 0 atom stereocenters. The first-order valence-corrected chi connectivity index (χ1v) is 9.39. The number of aromatic nitrogens is 6. The van der Waals surface area contributed by atoms with Crippen LogP contribution in [0.4, 0.5) is 5.69 Å². The summed E-state index contributed by atoms with van der Waals surface area (Å²) in [5.41, 5.74) is 1.16. The zero-order valence-electron chi connectivity index (χ0n) is 15.3. The summed E-state index contributed by atoms with van der Waals surface area (Å²) in [6.45, 7) is 6.95. The molecule has 0 bridgehead atoms. The molecule has 0 aliphatic rings. The lowest BCUT2D eigenvalue weighted by molar-refractivity contribution is -0.384. The fourth-order valence-electron chi connectivity index (χ4n) is 3.08. The molecule has 0 aliphatic heterocycles. The Morgan fingerprint density at radius 2 is 2.14 bits per heavy atom. The Hall–Kier alpha value is -3.41. The number of aryl methyl sites for hydroxylation is 1. The first-order chi connectivity index (χ1) is 13.5. The van der Waals surface area contributed by atoms with Crippen molar-refractivity contribution >= 4 is 38.8 Å². The molecule has 0 aromatic carbocycles. The van der Waals surface area contributed by atoms with Gasteiger partial charge < -0.3 is 4.90 Å². The van der Waals surface area contributed by atoms with E-state index in [0.29, 0.717) is 33.8 Å². The second-order valence-electron chi connectivity index (χ2n) is 6.05. The van der Waals surface area contributed by atoms with Gasteiger partial charge in [-0.15, -0.1) is 16.4 Å². The van der Waals surface area contributed by atoms with Crippen LogP contribution in [0.15, 0.2) is 12.5 Å². The van der Waals surface area contributed by atoms with E-state index < -0.39 is 4.92 Å². The molecule has 1 N–H and O–H groups in total. The molecule has 12 heteroatoms. The van der Waals surface area contributed by atoms with E-state index in [2.05, 4.69) is 25.3 Å². The van der Waals surface area contributed by atoms with Crippen molar-refractivity contribution in [2.45, 2.75) is 20.8 Å². The highest BCUT2D eigenvalue weighted by Crippen LogP contribution is 2.33. The zero-order chi connectivity index (χ0) is 20.0. The minimum absolute atomic E-state index is 0.0485. The van der Waals surface area contributed by atoms with Gasteiger partial charge in [-0.1, -0.05) is 0 Å². The number of aromatic amines is 1. The van der Waals surface area contributed by atoms with Gasteiger partial charge in [0.2, 0.25) is 5.82 Å². The molecule has 0 radical (unpaired) electrons. The van der Waals surface area contributed by atoms with Crippen LogP contribution < -0.4 is 0 Å². The number of carbonyl (C=O) groups is 1. The Labute approximate surface area is 162 Å². The molecule has 4 aromatic rings. The third kappa shape index (κ3) is 2.60. The highest BCUT2D eigenvalue weighted by molar-refractivity contribution is 7.20. The van der Waals surface area contributed by atoms with Crippen molar-refractivity contribution < 1.29 is 9.72 Å². The van der Waals surface area contributed by atoms with Crippen LogP contribution in [0.5, 0.6) is 0 Å². The summed E-state index contributed by atoms with van der Waals surface area (Å²) in [5, 5.41) is 22.5. The molecule has 0 fully saturated rings. The molecule has 0 spiro atoms. The van der Waals surface area contributed by atoms with Crippen molar-refractivity contribution in [3.63, 3.8) is 0 Å². The summed E-state index contributed by atoms with van der Waals surface area (Å²) < 4.78 is 1.45. The Kier molecular flexibility index (Phi) is 4.26. The number of nitro groups is 1. The van der Waals surface area contributed by atoms with Crippen LogP contribution in [0.25, 0.3) is 27.4 Å². The Morgan fingerprint density at radius 1 is 1.39 bits per heavy atom. The summed E-state index contributed by atoms with van der Waals surface area (Å²) in [7, 11) is 0. The van der Waals surface area contributed by atoms with Crippen LogP contribution in [0, 0.1) is 17.0 Å². The molecule has 4 heterocycles. The maximum absolute atomic E-state index is 12.8. The number of H-pyrrole nitrogens is 1. The van der Waals surface area contributed by atoms with Gasteiger partial charge in [-0.3, -0.25) is 20.0 Å². The maximum atomic E-state index is 12.8. The standard InChI is InChI=1S/C16H16N8O3S/c1-4-22(5-2)16(25)12-8(3)10-14-19-13(11-9(24(26)27)6-18-20-11)21-23(14)7-17-15(10)28-12/h6-7H,4-5H2,1-3H3,(H,18,20). The smallest absolute Gasteiger partial charge is 0.318 e. The van der Waals surface area contributed by atoms with E-state index in [-0.39, 0.29) is 23.1 Å². The molecule has 4 rings (SSSR count). The van der Waals surface area contributed by atoms with E-state index >= 15 is 0 Å². The molecular weight excluding hydrogens is 384 g/mol. The van der Waals surface area contributed by atoms with Gasteiger partial charge in [0, 0.05) is 13.1 Å². The number of nitrogens with one attached hydrogen (secondary N) is 1. The van der Waals surface area contributed by atoms with Crippen LogP contribution in [0.2, 0.25) is 0 Å². The number of hydrogen-bond donors (Lipinski definition) is 1. The molecule has 0 saturated heterocycles. The number of amides is 1. The highest BCUT2D eigenvalue weighted by Gasteiger charge is 2.25. The summed E-state index contributed by atoms with van der Waals surface area (Å²) in [4.78, 5) is 35.3. The monoisotopic (exact) mass is 400 g/mol. The summed E-state index contributed by atoms with van der Waals surface area (Å²) >= 11 is 1.31. The largest absolute Gasteiger partial charge is 0.338 e. The molecule has 28 heavy (non-hydrogen) atoms. The first kappa shape index (κ1) is 18.0. The van der Waals surface area contributed by atoms with Gasteiger partial charge in [-0.05, 0) is 26.3 Å². The van der Waals surface area contributed by atoms with Crippen molar-refractivity contribution in [2.75, 3.05) is 13.1 Å². The number of rotatable bonds is 5. The van der Waals surface area contributed by atoms with Gasteiger partial charge >= 0.3 is 5.69 Å². The van der Waals surface area contributed by atoms with Crippen molar-refractivity contribution in [1.29, 1.82) is 0 Å². The number of carbonyl (C=O) groups excluding carboxylic acids is 1. The molecule has 0 saturated carbocycles. The predicted molar refractivity (Wildman–Crippen MR) is 102 cm³/mol. The number of thiophene rings is 1. The fourth-order valence-corrected chi connectivity index (χ4v) is 4.19. The van der Waals surface area contributed by atoms with Crippen molar-refractivity contribution in [3.05, 3.63) is 33.1 Å². The number of nitrogens with zero attached hydrogens (tertiary/aromatic N) is 7. The summed E-state index contributed by atoms with van der Waals surface area (Å²) in [5.74, 6) is 0.0910. The molecule has 0 aliphatic carbocycles. The van der Waals surface area contributed by atoms with Gasteiger partial charge in [0.05, 0.1) is 15.2 Å². The maximum Gasteiger partial charge on any atom is 0.318 e. The van der Waals surface area contributed by atoms with Gasteiger partial charge in [0.25, 0.3) is 5.91 Å². The normalized spacial score (nSPS) is 11.4. The van der Waals surface area contributed by atoms with Crippen molar-refractivity contribution in [3.8, 4) is 11.5 Å². The van der Waals surface area contributed by atoms with E-state index in [1.54, 1.807) is 4.90 Å². The SMILES string of the molecule is CCN(CC)C(=O)c1sc2ncn3nc(-c4[nH]ncc4[N+](=O)[O-])nc3c2c1C. The first-order valence-electron chi connectivity index (χ1n) is 8.58. The van der Waals surface area contributed by atoms with Gasteiger partial charge in [-0.25, -0.2) is 14.5 Å². The number of fused-ring (bicyclic) bond motifs is 3. The zero-order valence-corrected chi connectivity index (χ0v) is 16.1. The van der Waals surface area contributed by atoms with Gasteiger partial charge in [0.15, 0.2) is 11.3 Å². The summed E-state index contributed by atoms with van der Waals surface area (Å²) in [6.07, 6.45) is 2.60. The van der Waals surface area contributed by atoms with Crippen molar-refractivity contribution in [2.24, 2.45) is 0 Å². The van der Waals surface area contributed by atoms with Crippen LogP contribution in [0.1, 0.15) is 29.1 Å². The minimum atomic E-state index is -0.547. The van der Waals surface area contributed by atoms with E-state index in [0.717, 1.165) is 11.8 Å². The quantitative estimate of drug-likeness (QED) is 0.401.